The number of rotatable bonds is 39. The smallest absolute Gasteiger partial charge is 0.457 e. The first kappa shape index (κ1) is 48.0. The molecular weight excluding hydrogens is 637 g/mol. The van der Waals surface area contributed by atoms with Crippen molar-refractivity contribution in [3.63, 3.8) is 0 Å². The van der Waals surface area contributed by atoms with Crippen LogP contribution in [0.2, 0.25) is 0 Å². The lowest BCUT2D eigenvalue weighted by atomic mass is 10.1. The normalized spacial score (nSPS) is 13.8. The molecule has 0 aromatic carbocycles. The molecule has 49 heavy (non-hydrogen) atoms. The van der Waals surface area contributed by atoms with Crippen molar-refractivity contribution in [3.8, 4) is 0 Å². The number of ether oxygens (including phenoxy) is 2. The number of carbonyl (C=O) groups is 1. The summed E-state index contributed by atoms with van der Waals surface area (Å²) in [6.07, 6.45) is 40.4. The number of hydrogen-bond acceptors (Lipinski definition) is 7. The average molecular weight is 716 g/mol. The fraction of sp³-hybridized carbons (Fsp3) is 0.875. The summed E-state index contributed by atoms with van der Waals surface area (Å²) >= 11 is 0. The van der Waals surface area contributed by atoms with Gasteiger partial charge in [-0.05, 0) is 64.2 Å². The van der Waals surface area contributed by atoms with E-state index in [9.17, 15) is 14.3 Å². The largest absolute Gasteiger partial charge is 0.472 e. The van der Waals surface area contributed by atoms with Crippen LogP contribution in [-0.2, 0) is 27.9 Å². The second kappa shape index (κ2) is 38.2. The van der Waals surface area contributed by atoms with Crippen molar-refractivity contribution >= 4 is 13.8 Å². The molecule has 0 radical (unpaired) electrons. The average Bonchev–Trinajstić information content (AvgIpc) is 3.09. The number of nitrogens with two attached hydrogens (primary N) is 1. The predicted molar refractivity (Wildman–Crippen MR) is 206 cm³/mol. The SMILES string of the molecule is CCCCCC/C=C\CCCCCCCCOCC(COP(=O)(O)OCCN)OC(=O)CCCCCCC/C=C\CCCCCCCCC. The van der Waals surface area contributed by atoms with Crippen LogP contribution in [0.3, 0.4) is 0 Å². The highest BCUT2D eigenvalue weighted by Gasteiger charge is 2.25. The third-order valence-electron chi connectivity index (χ3n) is 8.59. The Morgan fingerprint density at radius 3 is 1.51 bits per heavy atom. The second-order valence-corrected chi connectivity index (χ2v) is 14.9. The predicted octanol–water partition coefficient (Wildman–Crippen LogP) is 11.7. The van der Waals surface area contributed by atoms with E-state index in [1.165, 1.54) is 122 Å². The van der Waals surface area contributed by atoms with Gasteiger partial charge in [-0.25, -0.2) is 4.57 Å². The molecule has 3 N–H and O–H groups in total. The van der Waals surface area contributed by atoms with Crippen LogP contribution in [0.5, 0.6) is 0 Å². The van der Waals surface area contributed by atoms with Crippen molar-refractivity contribution in [2.24, 2.45) is 5.73 Å². The van der Waals surface area contributed by atoms with Gasteiger partial charge in [-0.15, -0.1) is 0 Å². The Kier molecular flexibility index (Phi) is 37.4. The summed E-state index contributed by atoms with van der Waals surface area (Å²) in [5.74, 6) is -0.340. The zero-order valence-electron chi connectivity index (χ0n) is 31.9. The number of unbranched alkanes of at least 4 members (excludes halogenated alkanes) is 22. The highest BCUT2D eigenvalue weighted by molar-refractivity contribution is 7.47. The molecule has 2 atom stereocenters. The van der Waals surface area contributed by atoms with E-state index in [-0.39, 0.29) is 32.3 Å². The lowest BCUT2D eigenvalue weighted by Crippen LogP contribution is -2.28. The van der Waals surface area contributed by atoms with Gasteiger partial charge < -0.3 is 20.1 Å². The van der Waals surface area contributed by atoms with Gasteiger partial charge in [0.25, 0.3) is 0 Å². The van der Waals surface area contributed by atoms with E-state index >= 15 is 0 Å². The maximum absolute atomic E-state index is 12.5. The molecular formula is C40H78NO7P. The summed E-state index contributed by atoms with van der Waals surface area (Å²) in [5.41, 5.74) is 5.36. The number of hydrogen-bond donors (Lipinski definition) is 2. The van der Waals surface area contributed by atoms with Crippen LogP contribution in [0.1, 0.15) is 187 Å². The number of phosphoric ester groups is 1. The van der Waals surface area contributed by atoms with Gasteiger partial charge in [0.15, 0.2) is 0 Å². The lowest BCUT2D eigenvalue weighted by Gasteiger charge is -2.20. The van der Waals surface area contributed by atoms with Crippen LogP contribution >= 0.6 is 7.82 Å². The van der Waals surface area contributed by atoms with Crippen molar-refractivity contribution in [2.45, 2.75) is 193 Å². The molecule has 8 nitrogen and oxygen atoms in total. The maximum atomic E-state index is 12.5. The Morgan fingerprint density at radius 1 is 0.592 bits per heavy atom. The highest BCUT2D eigenvalue weighted by Crippen LogP contribution is 2.43. The van der Waals surface area contributed by atoms with E-state index < -0.39 is 13.9 Å². The second-order valence-electron chi connectivity index (χ2n) is 13.5. The molecule has 0 saturated heterocycles. The minimum absolute atomic E-state index is 0.0971. The molecule has 0 amide bonds. The van der Waals surface area contributed by atoms with Gasteiger partial charge in [0.2, 0.25) is 0 Å². The molecule has 0 aromatic rings. The Balaban J connectivity index is 4.08. The molecule has 2 unspecified atom stereocenters. The van der Waals surface area contributed by atoms with E-state index in [4.69, 9.17) is 24.3 Å². The summed E-state index contributed by atoms with van der Waals surface area (Å²) in [6, 6.07) is 0. The fourth-order valence-electron chi connectivity index (χ4n) is 5.57. The number of phosphoric acid groups is 1. The van der Waals surface area contributed by atoms with E-state index in [0.717, 1.165) is 44.9 Å². The van der Waals surface area contributed by atoms with Gasteiger partial charge >= 0.3 is 13.8 Å². The summed E-state index contributed by atoms with van der Waals surface area (Å²) in [7, 11) is -4.27. The van der Waals surface area contributed by atoms with Crippen molar-refractivity contribution in [2.75, 3.05) is 33.0 Å². The van der Waals surface area contributed by atoms with Crippen molar-refractivity contribution in [1.29, 1.82) is 0 Å². The maximum Gasteiger partial charge on any atom is 0.472 e. The first-order valence-electron chi connectivity index (χ1n) is 20.3. The van der Waals surface area contributed by atoms with Crippen molar-refractivity contribution in [3.05, 3.63) is 24.3 Å². The minimum atomic E-state index is -4.27. The van der Waals surface area contributed by atoms with Gasteiger partial charge in [-0.3, -0.25) is 13.8 Å². The Hall–Kier alpha value is -1.02. The third kappa shape index (κ3) is 38.1. The molecule has 0 heterocycles. The fourth-order valence-corrected chi connectivity index (χ4v) is 6.34. The topological polar surface area (TPSA) is 117 Å². The monoisotopic (exact) mass is 716 g/mol. The molecule has 290 valence electrons. The summed E-state index contributed by atoms with van der Waals surface area (Å²) in [6.45, 7) is 4.89. The first-order chi connectivity index (χ1) is 23.9. The zero-order chi connectivity index (χ0) is 35.9. The summed E-state index contributed by atoms with van der Waals surface area (Å²) < 4.78 is 33.3. The highest BCUT2D eigenvalue weighted by atomic mass is 31.2. The van der Waals surface area contributed by atoms with Crippen LogP contribution in [0.15, 0.2) is 24.3 Å². The molecule has 0 spiro atoms. The van der Waals surface area contributed by atoms with Crippen LogP contribution in [0.25, 0.3) is 0 Å². The minimum Gasteiger partial charge on any atom is -0.457 e. The summed E-state index contributed by atoms with van der Waals surface area (Å²) in [4.78, 5) is 22.4. The van der Waals surface area contributed by atoms with Crippen molar-refractivity contribution < 1.29 is 32.8 Å². The van der Waals surface area contributed by atoms with Crippen LogP contribution in [0.4, 0.5) is 0 Å². The number of carbonyl (C=O) groups excluding carboxylic acids is 1. The molecule has 0 bridgehead atoms. The molecule has 0 aliphatic carbocycles. The van der Waals surface area contributed by atoms with E-state index in [0.29, 0.717) is 13.0 Å². The molecule has 0 saturated carbocycles. The zero-order valence-corrected chi connectivity index (χ0v) is 32.8. The number of esters is 1. The van der Waals surface area contributed by atoms with Crippen molar-refractivity contribution in [1.82, 2.24) is 0 Å². The standard InChI is InChI=1S/C40H78NO7P/c1-3-5-7-9-11-13-15-17-19-20-21-23-25-27-29-31-33-40(42)48-39(38-47-49(43,44)46-36-34-41)37-45-35-32-30-28-26-24-22-18-16-14-12-10-8-6-4-2/h14,16,19-20,39H,3-13,15,17-18,21-38,41H2,1-2H3,(H,43,44)/b16-14-,20-19-. The van der Waals surface area contributed by atoms with E-state index in [1.807, 2.05) is 0 Å². The molecule has 9 heteroatoms. The number of allylic oxidation sites excluding steroid dienone is 4. The Labute approximate surface area is 302 Å². The quantitative estimate of drug-likeness (QED) is 0.0279. The lowest BCUT2D eigenvalue weighted by molar-refractivity contribution is -0.154. The molecule has 0 rings (SSSR count). The first-order valence-corrected chi connectivity index (χ1v) is 21.8. The Bertz CT molecular complexity index is 807. The van der Waals surface area contributed by atoms with E-state index in [2.05, 4.69) is 38.2 Å². The van der Waals surface area contributed by atoms with E-state index in [1.54, 1.807) is 0 Å². The van der Waals surface area contributed by atoms with Gasteiger partial charge in [-0.2, -0.15) is 0 Å². The molecule has 0 aromatic heterocycles. The molecule has 0 aliphatic heterocycles. The molecule has 0 aliphatic rings. The van der Waals surface area contributed by atoms with Crippen LogP contribution in [-0.4, -0.2) is 49.9 Å². The van der Waals surface area contributed by atoms with Gasteiger partial charge in [0.1, 0.15) is 6.10 Å². The summed E-state index contributed by atoms with van der Waals surface area (Å²) in [5, 5.41) is 0. The van der Waals surface area contributed by atoms with Crippen LogP contribution in [0, 0.1) is 0 Å². The van der Waals surface area contributed by atoms with Gasteiger partial charge in [-0.1, -0.05) is 141 Å². The molecule has 0 fully saturated rings. The third-order valence-corrected chi connectivity index (χ3v) is 9.58. The van der Waals surface area contributed by atoms with Crippen LogP contribution < -0.4 is 5.73 Å². The van der Waals surface area contributed by atoms with Gasteiger partial charge in [0, 0.05) is 19.6 Å². The van der Waals surface area contributed by atoms with Gasteiger partial charge in [0.05, 0.1) is 19.8 Å². The Morgan fingerprint density at radius 2 is 1.02 bits per heavy atom.